The number of carbonyl (C=O) groups excluding carboxylic acids is 1. The first-order chi connectivity index (χ1) is 19.4. The van der Waals surface area contributed by atoms with E-state index in [9.17, 15) is 15.0 Å². The van der Waals surface area contributed by atoms with E-state index in [1.807, 2.05) is 4.90 Å². The number of rotatable bonds is 8. The summed E-state index contributed by atoms with van der Waals surface area (Å²) in [5.74, 6) is 2.23. The Hall–Kier alpha value is -1.37. The summed E-state index contributed by atoms with van der Waals surface area (Å²) in [6, 6.07) is 0. The molecule has 5 rings (SSSR count). The molecule has 0 aliphatic heterocycles. The number of allylic oxidation sites excluding steroid dienone is 3. The summed E-state index contributed by atoms with van der Waals surface area (Å²) in [5, 5.41) is 22.8. The Bertz CT molecular complexity index is 1020. The highest BCUT2D eigenvalue weighted by molar-refractivity contribution is 5.68. The van der Waals surface area contributed by atoms with Crippen molar-refractivity contribution in [3.05, 3.63) is 23.3 Å². The highest BCUT2D eigenvalue weighted by Crippen LogP contribution is 2.66. The zero-order valence-corrected chi connectivity index (χ0v) is 26.7. The average Bonchev–Trinajstić information content (AvgIpc) is 3.18. The van der Waals surface area contributed by atoms with Crippen molar-refractivity contribution in [2.24, 2.45) is 40.4 Å². The second-order valence-corrected chi connectivity index (χ2v) is 15.3. The van der Waals surface area contributed by atoms with E-state index < -0.39 is 5.60 Å². The lowest BCUT2D eigenvalue weighted by Gasteiger charge is -2.56. The molecule has 0 aromatic heterocycles. The molecule has 4 fully saturated rings. The number of aliphatic hydroxyl groups is 2. The van der Waals surface area contributed by atoms with Gasteiger partial charge in [0, 0.05) is 25.7 Å². The predicted molar refractivity (Wildman–Crippen MR) is 162 cm³/mol. The second-order valence-electron chi connectivity index (χ2n) is 15.3. The van der Waals surface area contributed by atoms with Gasteiger partial charge in [0.1, 0.15) is 6.10 Å². The van der Waals surface area contributed by atoms with Gasteiger partial charge in [0.15, 0.2) is 0 Å². The fraction of sp³-hybridized carbons (Fsp3) is 0.857. The van der Waals surface area contributed by atoms with Crippen molar-refractivity contribution in [1.82, 2.24) is 4.90 Å². The number of amides is 1. The van der Waals surface area contributed by atoms with E-state index in [1.165, 1.54) is 17.6 Å². The first-order valence-corrected chi connectivity index (χ1v) is 16.7. The average molecular weight is 572 g/mol. The van der Waals surface area contributed by atoms with E-state index >= 15 is 0 Å². The van der Waals surface area contributed by atoms with Crippen LogP contribution in [0.15, 0.2) is 23.3 Å². The van der Waals surface area contributed by atoms with Gasteiger partial charge in [-0.3, -0.25) is 0 Å². The van der Waals surface area contributed by atoms with Crippen LogP contribution in [0.4, 0.5) is 4.79 Å². The van der Waals surface area contributed by atoms with Crippen LogP contribution in [0.2, 0.25) is 0 Å². The van der Waals surface area contributed by atoms with Gasteiger partial charge in [0.2, 0.25) is 0 Å². The number of fused-ring (bicyclic) bond motifs is 5. The van der Waals surface area contributed by atoms with Crippen LogP contribution in [-0.4, -0.2) is 65.8 Å². The zero-order valence-electron chi connectivity index (χ0n) is 26.7. The van der Waals surface area contributed by atoms with Crippen LogP contribution in [0.1, 0.15) is 105 Å². The fourth-order valence-electron chi connectivity index (χ4n) is 9.76. The summed E-state index contributed by atoms with van der Waals surface area (Å²) in [7, 11) is 1.69. The smallest absolute Gasteiger partial charge is 0.410 e. The van der Waals surface area contributed by atoms with Gasteiger partial charge in [-0.1, -0.05) is 64.3 Å². The summed E-state index contributed by atoms with van der Waals surface area (Å²) in [6.45, 7) is 12.9. The van der Waals surface area contributed by atoms with Crippen LogP contribution in [0.3, 0.4) is 0 Å². The van der Waals surface area contributed by atoms with E-state index in [4.69, 9.17) is 9.47 Å². The summed E-state index contributed by atoms with van der Waals surface area (Å²) in [6.07, 6.45) is 14.4. The van der Waals surface area contributed by atoms with Gasteiger partial charge >= 0.3 is 6.09 Å². The fourth-order valence-corrected chi connectivity index (χ4v) is 9.76. The third kappa shape index (κ3) is 5.67. The van der Waals surface area contributed by atoms with E-state index in [-0.39, 0.29) is 29.1 Å². The normalized spacial score (nSPS) is 42.1. The zero-order chi connectivity index (χ0) is 29.6. The monoisotopic (exact) mass is 571 g/mol. The molecular formula is C35H57NO5. The van der Waals surface area contributed by atoms with Crippen molar-refractivity contribution >= 4 is 6.09 Å². The molecule has 5 aliphatic carbocycles. The van der Waals surface area contributed by atoms with Crippen molar-refractivity contribution in [3.8, 4) is 0 Å². The predicted octanol–water partition coefficient (Wildman–Crippen LogP) is 6.90. The molecule has 0 aromatic carbocycles. The number of hydrogen-bond acceptors (Lipinski definition) is 5. The molecule has 0 bridgehead atoms. The standard InChI is InChI=1S/C35H57NO5/c1-23(2)27-10-8-24(3)20-31(27)41-32(38)36(18-7-19-40-6)22-35(39)17-14-30-28-11-9-25-21-26(37)12-15-33(25,4)29(28)13-16-34(30,35)5/h9,11,23-24,26-27,29-31,37,39H,7-8,10,12-22H2,1-6H3. The van der Waals surface area contributed by atoms with Gasteiger partial charge in [0.05, 0.1) is 18.2 Å². The first kappa shape index (κ1) is 31.1. The molecule has 41 heavy (non-hydrogen) atoms. The Labute approximate surface area is 248 Å². The summed E-state index contributed by atoms with van der Waals surface area (Å²) in [4.78, 5) is 15.7. The number of carbonyl (C=O) groups is 1. The molecular weight excluding hydrogens is 514 g/mol. The van der Waals surface area contributed by atoms with Crippen molar-refractivity contribution in [3.63, 3.8) is 0 Å². The Morgan fingerprint density at radius 1 is 1.07 bits per heavy atom. The summed E-state index contributed by atoms with van der Waals surface area (Å²) >= 11 is 0. The van der Waals surface area contributed by atoms with Crippen LogP contribution < -0.4 is 0 Å². The minimum absolute atomic E-state index is 0.0590. The molecule has 0 radical (unpaired) electrons. The quantitative estimate of drug-likeness (QED) is 0.310. The molecule has 9 atom stereocenters. The Kier molecular flexibility index (Phi) is 9.06. The number of methoxy groups -OCH3 is 1. The molecule has 9 unspecified atom stereocenters. The third-order valence-electron chi connectivity index (χ3n) is 12.6. The number of nitrogens with zero attached hydrogens (tertiary/aromatic N) is 1. The van der Waals surface area contributed by atoms with Crippen molar-refractivity contribution in [2.45, 2.75) is 123 Å². The van der Waals surface area contributed by atoms with Crippen LogP contribution in [0, 0.1) is 40.4 Å². The maximum Gasteiger partial charge on any atom is 0.410 e. The Morgan fingerprint density at radius 2 is 1.83 bits per heavy atom. The number of ether oxygens (including phenoxy) is 2. The van der Waals surface area contributed by atoms with Gasteiger partial charge in [-0.2, -0.15) is 0 Å². The maximum absolute atomic E-state index is 13.8. The van der Waals surface area contributed by atoms with E-state index in [2.05, 4.69) is 46.8 Å². The lowest BCUT2D eigenvalue weighted by molar-refractivity contribution is -0.103. The molecule has 4 saturated carbocycles. The Morgan fingerprint density at radius 3 is 2.56 bits per heavy atom. The molecule has 0 heterocycles. The van der Waals surface area contributed by atoms with Gasteiger partial charge in [0.25, 0.3) is 0 Å². The van der Waals surface area contributed by atoms with Crippen LogP contribution in [-0.2, 0) is 9.47 Å². The van der Waals surface area contributed by atoms with Crippen molar-refractivity contribution < 1.29 is 24.5 Å². The maximum atomic E-state index is 13.8. The number of aliphatic hydroxyl groups excluding tert-OH is 1. The molecule has 2 N–H and O–H groups in total. The highest BCUT2D eigenvalue weighted by atomic mass is 16.6. The lowest BCUT2D eigenvalue weighted by atomic mass is 9.50. The van der Waals surface area contributed by atoms with E-state index in [1.54, 1.807) is 7.11 Å². The van der Waals surface area contributed by atoms with Gasteiger partial charge < -0.3 is 24.6 Å². The van der Waals surface area contributed by atoms with Crippen LogP contribution in [0.25, 0.3) is 0 Å². The molecule has 0 saturated heterocycles. The van der Waals surface area contributed by atoms with Gasteiger partial charge in [-0.15, -0.1) is 0 Å². The first-order valence-electron chi connectivity index (χ1n) is 16.7. The summed E-state index contributed by atoms with van der Waals surface area (Å²) in [5.41, 5.74) is 1.78. The van der Waals surface area contributed by atoms with Gasteiger partial charge in [-0.05, 0) is 99.2 Å². The third-order valence-corrected chi connectivity index (χ3v) is 12.6. The molecule has 1 amide bonds. The van der Waals surface area contributed by atoms with Crippen molar-refractivity contribution in [2.75, 3.05) is 26.8 Å². The Balaban J connectivity index is 1.35. The largest absolute Gasteiger partial charge is 0.446 e. The van der Waals surface area contributed by atoms with Crippen LogP contribution >= 0.6 is 0 Å². The number of hydrogen-bond donors (Lipinski definition) is 2. The van der Waals surface area contributed by atoms with Gasteiger partial charge in [-0.25, -0.2) is 4.79 Å². The minimum Gasteiger partial charge on any atom is -0.446 e. The minimum atomic E-state index is -0.958. The topological polar surface area (TPSA) is 79.2 Å². The van der Waals surface area contributed by atoms with Crippen LogP contribution in [0.5, 0.6) is 0 Å². The van der Waals surface area contributed by atoms with E-state index in [0.29, 0.717) is 55.7 Å². The lowest BCUT2D eigenvalue weighted by Crippen LogP contribution is -2.57. The molecule has 6 nitrogen and oxygen atoms in total. The summed E-state index contributed by atoms with van der Waals surface area (Å²) < 4.78 is 11.6. The molecule has 5 aliphatic rings. The molecule has 232 valence electrons. The second kappa shape index (κ2) is 12.0. The SMILES string of the molecule is COCCCN(CC1(O)CCC2C3=CC=C4CC(O)CCC4(C)C3CCC21C)C(=O)OC1CC(C)CCC1C(C)C. The molecule has 0 spiro atoms. The highest BCUT2D eigenvalue weighted by Gasteiger charge is 2.62. The molecule has 6 heteroatoms. The van der Waals surface area contributed by atoms with E-state index in [0.717, 1.165) is 57.8 Å². The molecule has 0 aromatic rings. The van der Waals surface area contributed by atoms with Crippen molar-refractivity contribution in [1.29, 1.82) is 0 Å².